The van der Waals surface area contributed by atoms with Crippen LogP contribution in [0.2, 0.25) is 0 Å². The van der Waals surface area contributed by atoms with Gasteiger partial charge in [0.2, 0.25) is 0 Å². The van der Waals surface area contributed by atoms with E-state index < -0.39 is 0 Å². The molecule has 2 nitrogen and oxygen atoms in total. The fourth-order valence-corrected chi connectivity index (χ4v) is 3.37. The van der Waals surface area contributed by atoms with E-state index in [0.717, 1.165) is 37.4 Å². The monoisotopic (exact) mass is 292 g/mol. The van der Waals surface area contributed by atoms with Gasteiger partial charge in [0, 0.05) is 19.6 Å². The molecule has 1 heterocycles. The minimum absolute atomic E-state index is 0.0779. The summed E-state index contributed by atoms with van der Waals surface area (Å²) in [5, 5.41) is 3.24. The number of rotatable bonds is 6. The van der Waals surface area contributed by atoms with Gasteiger partial charge in [-0.25, -0.2) is 4.39 Å². The third-order valence-corrected chi connectivity index (χ3v) is 5.26. The third kappa shape index (κ3) is 3.76. The lowest BCUT2D eigenvalue weighted by Gasteiger charge is -2.42. The zero-order valence-electron chi connectivity index (χ0n) is 13.7. The van der Waals surface area contributed by atoms with Crippen molar-refractivity contribution in [1.29, 1.82) is 0 Å². The van der Waals surface area contributed by atoms with Crippen molar-refractivity contribution in [3.05, 3.63) is 29.6 Å². The number of nitrogens with one attached hydrogen (secondary N) is 1. The van der Waals surface area contributed by atoms with E-state index in [1.54, 1.807) is 6.07 Å². The van der Waals surface area contributed by atoms with Gasteiger partial charge in [-0.15, -0.1) is 0 Å². The molecule has 0 atom stereocenters. The third-order valence-electron chi connectivity index (χ3n) is 5.26. The van der Waals surface area contributed by atoms with Crippen molar-refractivity contribution in [3.63, 3.8) is 0 Å². The topological polar surface area (TPSA) is 15.3 Å². The number of hydrogen-bond donors (Lipinski definition) is 1. The van der Waals surface area contributed by atoms with Gasteiger partial charge < -0.3 is 10.2 Å². The van der Waals surface area contributed by atoms with Crippen LogP contribution in [0.1, 0.15) is 52.0 Å². The van der Waals surface area contributed by atoms with Crippen LogP contribution in [0.5, 0.6) is 0 Å². The number of piperidine rings is 1. The minimum Gasteiger partial charge on any atom is -0.369 e. The lowest BCUT2D eigenvalue weighted by atomic mass is 9.74. The van der Waals surface area contributed by atoms with E-state index in [-0.39, 0.29) is 5.82 Å². The molecule has 2 rings (SSSR count). The van der Waals surface area contributed by atoms with Crippen molar-refractivity contribution < 1.29 is 4.39 Å². The molecule has 1 saturated heterocycles. The number of benzene rings is 1. The average Bonchev–Trinajstić information content (AvgIpc) is 2.53. The first kappa shape index (κ1) is 16.3. The van der Waals surface area contributed by atoms with Crippen LogP contribution in [0.3, 0.4) is 0 Å². The molecule has 118 valence electrons. The molecule has 0 aliphatic carbocycles. The summed E-state index contributed by atoms with van der Waals surface area (Å²) in [7, 11) is 0. The molecular weight excluding hydrogens is 263 g/mol. The van der Waals surface area contributed by atoms with Gasteiger partial charge in [0.05, 0.1) is 5.69 Å². The van der Waals surface area contributed by atoms with Crippen molar-refractivity contribution in [3.8, 4) is 0 Å². The lowest BCUT2D eigenvalue weighted by Crippen LogP contribution is -2.40. The molecule has 3 heteroatoms. The van der Waals surface area contributed by atoms with E-state index >= 15 is 0 Å². The van der Waals surface area contributed by atoms with Crippen molar-refractivity contribution in [2.45, 2.75) is 53.0 Å². The molecule has 1 aromatic rings. The Morgan fingerprint density at radius 3 is 2.33 bits per heavy atom. The Kier molecular flexibility index (Phi) is 5.63. The van der Waals surface area contributed by atoms with Gasteiger partial charge in [-0.05, 0) is 42.5 Å². The largest absolute Gasteiger partial charge is 0.369 e. The summed E-state index contributed by atoms with van der Waals surface area (Å²) >= 11 is 0. The maximum absolute atomic E-state index is 14.3. The molecular formula is C18H29FN2. The summed E-state index contributed by atoms with van der Waals surface area (Å²) in [6, 6.07) is 5.68. The lowest BCUT2D eigenvalue weighted by molar-refractivity contribution is 0.199. The molecule has 1 aliphatic rings. The highest BCUT2D eigenvalue weighted by atomic mass is 19.1. The van der Waals surface area contributed by atoms with Crippen molar-refractivity contribution >= 4 is 5.69 Å². The van der Waals surface area contributed by atoms with Crippen molar-refractivity contribution in [1.82, 2.24) is 5.32 Å². The quantitative estimate of drug-likeness (QED) is 0.839. The van der Waals surface area contributed by atoms with E-state index in [4.69, 9.17) is 0 Å². The van der Waals surface area contributed by atoms with Crippen LogP contribution in [0.4, 0.5) is 10.1 Å². The summed E-state index contributed by atoms with van der Waals surface area (Å²) in [4.78, 5) is 2.22. The van der Waals surface area contributed by atoms with Gasteiger partial charge in [0.25, 0.3) is 0 Å². The summed E-state index contributed by atoms with van der Waals surface area (Å²) in [6.45, 7) is 10.2. The minimum atomic E-state index is -0.0779. The van der Waals surface area contributed by atoms with Crippen LogP contribution in [0.15, 0.2) is 18.2 Å². The Labute approximate surface area is 128 Å². The first-order chi connectivity index (χ1) is 10.1. The molecule has 1 N–H and O–H groups in total. The predicted molar refractivity (Wildman–Crippen MR) is 88.2 cm³/mol. The van der Waals surface area contributed by atoms with Crippen molar-refractivity contribution in [2.75, 3.05) is 24.5 Å². The molecule has 0 spiro atoms. The van der Waals surface area contributed by atoms with Crippen LogP contribution in [-0.4, -0.2) is 19.6 Å². The van der Waals surface area contributed by atoms with E-state index in [2.05, 4.69) is 31.0 Å². The van der Waals surface area contributed by atoms with Gasteiger partial charge in [-0.2, -0.15) is 0 Å². The Bertz CT molecular complexity index is 445. The van der Waals surface area contributed by atoms with Gasteiger partial charge in [0.15, 0.2) is 0 Å². The second-order valence-corrected chi connectivity index (χ2v) is 6.26. The molecule has 1 aliphatic heterocycles. The summed E-state index contributed by atoms with van der Waals surface area (Å²) < 4.78 is 14.3. The average molecular weight is 292 g/mol. The second-order valence-electron chi connectivity index (χ2n) is 6.26. The Morgan fingerprint density at radius 1 is 1.14 bits per heavy atom. The highest BCUT2D eigenvalue weighted by molar-refractivity contribution is 5.49. The predicted octanol–water partition coefficient (Wildman–Crippen LogP) is 4.34. The zero-order valence-corrected chi connectivity index (χ0v) is 13.7. The molecule has 0 radical (unpaired) electrons. The Morgan fingerprint density at radius 2 is 1.81 bits per heavy atom. The van der Waals surface area contributed by atoms with Gasteiger partial charge in [-0.3, -0.25) is 0 Å². The maximum atomic E-state index is 14.3. The first-order valence-corrected chi connectivity index (χ1v) is 8.38. The van der Waals surface area contributed by atoms with E-state index in [1.165, 1.54) is 25.7 Å². The fraction of sp³-hybridized carbons (Fsp3) is 0.667. The van der Waals surface area contributed by atoms with Gasteiger partial charge in [-0.1, -0.05) is 39.7 Å². The number of anilines is 1. The smallest absolute Gasteiger partial charge is 0.146 e. The molecule has 0 amide bonds. The van der Waals surface area contributed by atoms with E-state index in [1.807, 2.05) is 12.1 Å². The fourth-order valence-electron chi connectivity index (χ4n) is 3.37. The van der Waals surface area contributed by atoms with Crippen LogP contribution >= 0.6 is 0 Å². The van der Waals surface area contributed by atoms with E-state index in [0.29, 0.717) is 5.41 Å². The highest BCUT2D eigenvalue weighted by Gasteiger charge is 2.31. The standard InChI is InChI=1S/C18H29FN2/c1-4-18(5-2)9-11-21(12-10-18)17-8-7-15(13-16(17)19)14-20-6-3/h7-8,13,20H,4-6,9-12,14H2,1-3H3. The van der Waals surface area contributed by atoms with Crippen molar-refractivity contribution in [2.24, 2.45) is 5.41 Å². The van der Waals surface area contributed by atoms with Gasteiger partial charge in [0.1, 0.15) is 5.82 Å². The second kappa shape index (κ2) is 7.26. The first-order valence-electron chi connectivity index (χ1n) is 8.38. The normalized spacial score (nSPS) is 18.0. The summed E-state index contributed by atoms with van der Waals surface area (Å²) in [6.07, 6.45) is 4.83. The SMILES string of the molecule is CCNCc1ccc(N2CCC(CC)(CC)CC2)c(F)c1. The number of halogens is 1. The van der Waals surface area contributed by atoms with Gasteiger partial charge >= 0.3 is 0 Å². The highest BCUT2D eigenvalue weighted by Crippen LogP contribution is 2.39. The molecule has 1 fully saturated rings. The zero-order chi connectivity index (χ0) is 15.3. The van der Waals surface area contributed by atoms with E-state index in [9.17, 15) is 4.39 Å². The van der Waals surface area contributed by atoms with Crippen LogP contribution in [0, 0.1) is 11.2 Å². The number of hydrogen-bond acceptors (Lipinski definition) is 2. The Hall–Kier alpha value is -1.09. The molecule has 0 bridgehead atoms. The molecule has 0 aromatic heterocycles. The molecule has 21 heavy (non-hydrogen) atoms. The summed E-state index contributed by atoms with van der Waals surface area (Å²) in [5.41, 5.74) is 2.28. The number of nitrogens with zero attached hydrogens (tertiary/aromatic N) is 1. The van der Waals surface area contributed by atoms with Crippen LogP contribution in [-0.2, 0) is 6.54 Å². The molecule has 0 unspecified atom stereocenters. The Balaban J connectivity index is 2.03. The molecule has 1 aromatic carbocycles. The maximum Gasteiger partial charge on any atom is 0.146 e. The van der Waals surface area contributed by atoms with Crippen LogP contribution < -0.4 is 10.2 Å². The summed E-state index contributed by atoms with van der Waals surface area (Å²) in [5.74, 6) is -0.0779. The molecule has 0 saturated carbocycles. The van der Waals surface area contributed by atoms with Crippen LogP contribution in [0.25, 0.3) is 0 Å².